The van der Waals surface area contributed by atoms with E-state index in [1.54, 1.807) is 6.20 Å². The molecule has 7 heteroatoms. The molecule has 0 unspecified atom stereocenters. The summed E-state index contributed by atoms with van der Waals surface area (Å²) in [6, 6.07) is 0. The third kappa shape index (κ3) is 4.10. The molecule has 1 aliphatic carbocycles. The Labute approximate surface area is 140 Å². The number of alkyl halides is 4. The minimum atomic E-state index is -3.89. The first kappa shape index (κ1) is 17.7. The molecule has 3 nitrogen and oxygen atoms in total. The Morgan fingerprint density at radius 2 is 2.00 bits per heavy atom. The minimum Gasteiger partial charge on any atom is -0.334 e. The van der Waals surface area contributed by atoms with E-state index in [9.17, 15) is 17.6 Å². The molecule has 1 atom stereocenters. The highest BCUT2D eigenvalue weighted by Gasteiger charge is 2.40. The summed E-state index contributed by atoms with van der Waals surface area (Å²) in [7, 11) is 0. The van der Waals surface area contributed by atoms with E-state index in [1.165, 1.54) is 19.3 Å². The van der Waals surface area contributed by atoms with E-state index in [-0.39, 0.29) is 12.5 Å². The molecule has 2 aliphatic rings. The van der Waals surface area contributed by atoms with Crippen LogP contribution in [0.1, 0.15) is 50.3 Å². The molecule has 1 aromatic heterocycles. The lowest BCUT2D eigenvalue weighted by molar-refractivity contribution is -0.136. The molecule has 0 bridgehead atoms. The second kappa shape index (κ2) is 7.42. The van der Waals surface area contributed by atoms with Gasteiger partial charge in [0.1, 0.15) is 5.82 Å². The van der Waals surface area contributed by atoms with Gasteiger partial charge < -0.3 is 9.47 Å². The zero-order valence-corrected chi connectivity index (χ0v) is 13.8. The third-order valence-corrected chi connectivity index (χ3v) is 5.38. The SMILES string of the molecule is FC(F)C(F)(F)CCN1CCC[C@H](c2nccn2CC2CCC2)C1. The quantitative estimate of drug-likeness (QED) is 0.691. The number of piperidine rings is 1. The van der Waals surface area contributed by atoms with Crippen LogP contribution in [0.25, 0.3) is 0 Å². The van der Waals surface area contributed by atoms with Crippen molar-refractivity contribution in [2.24, 2.45) is 5.92 Å². The van der Waals surface area contributed by atoms with Gasteiger partial charge in [0, 0.05) is 44.4 Å². The highest BCUT2D eigenvalue weighted by Crippen LogP contribution is 2.32. The van der Waals surface area contributed by atoms with Crippen molar-refractivity contribution in [3.63, 3.8) is 0 Å². The van der Waals surface area contributed by atoms with Crippen LogP contribution in [-0.4, -0.2) is 46.4 Å². The van der Waals surface area contributed by atoms with Gasteiger partial charge in [-0.3, -0.25) is 0 Å². The van der Waals surface area contributed by atoms with Gasteiger partial charge in [0.05, 0.1) is 0 Å². The van der Waals surface area contributed by atoms with E-state index in [1.807, 2.05) is 11.1 Å². The minimum absolute atomic E-state index is 0.0111. The van der Waals surface area contributed by atoms with E-state index < -0.39 is 18.8 Å². The monoisotopic (exact) mass is 347 g/mol. The lowest BCUT2D eigenvalue weighted by Gasteiger charge is -2.34. The molecule has 2 fully saturated rings. The molecule has 1 aromatic rings. The second-order valence-corrected chi connectivity index (χ2v) is 7.19. The van der Waals surface area contributed by atoms with Gasteiger partial charge in [-0.05, 0) is 38.1 Å². The topological polar surface area (TPSA) is 21.1 Å². The number of imidazole rings is 1. The summed E-state index contributed by atoms with van der Waals surface area (Å²) in [5.74, 6) is -1.95. The van der Waals surface area contributed by atoms with Crippen molar-refractivity contribution < 1.29 is 17.6 Å². The molecule has 1 saturated heterocycles. The molecule has 0 radical (unpaired) electrons. The van der Waals surface area contributed by atoms with Crippen LogP contribution >= 0.6 is 0 Å². The summed E-state index contributed by atoms with van der Waals surface area (Å²) in [5.41, 5.74) is 0. The number of hydrogen-bond donors (Lipinski definition) is 0. The fraction of sp³-hybridized carbons (Fsp3) is 0.824. The average molecular weight is 347 g/mol. The van der Waals surface area contributed by atoms with Crippen molar-refractivity contribution in [1.82, 2.24) is 14.5 Å². The van der Waals surface area contributed by atoms with Crippen molar-refractivity contribution in [2.75, 3.05) is 19.6 Å². The standard InChI is InChI=1S/C17H25F4N3/c18-16(19)17(20,21)6-9-23-8-2-5-14(12-23)15-22-7-10-24(15)11-13-3-1-4-13/h7,10,13-14,16H,1-6,8-9,11-12H2/t14-/m0/s1. The number of nitrogens with zero attached hydrogens (tertiary/aromatic N) is 3. The predicted octanol–water partition coefficient (Wildman–Crippen LogP) is 4.15. The molecule has 0 aromatic carbocycles. The molecule has 0 amide bonds. The molecule has 2 heterocycles. The van der Waals surface area contributed by atoms with E-state index in [2.05, 4.69) is 9.55 Å². The van der Waals surface area contributed by atoms with Gasteiger partial charge in [-0.2, -0.15) is 0 Å². The first-order valence-electron chi connectivity index (χ1n) is 8.85. The first-order valence-corrected chi connectivity index (χ1v) is 8.85. The number of rotatable bonds is 7. The second-order valence-electron chi connectivity index (χ2n) is 7.19. The molecule has 3 rings (SSSR count). The maximum atomic E-state index is 13.1. The van der Waals surface area contributed by atoms with Gasteiger partial charge in [-0.25, -0.2) is 22.5 Å². The Hall–Kier alpha value is -1.11. The Morgan fingerprint density at radius 1 is 1.21 bits per heavy atom. The normalized spacial score (nSPS) is 23.6. The Balaban J connectivity index is 1.56. The fourth-order valence-corrected chi connectivity index (χ4v) is 3.67. The highest BCUT2D eigenvalue weighted by atomic mass is 19.3. The summed E-state index contributed by atoms with van der Waals surface area (Å²) in [6.45, 7) is 2.31. The lowest BCUT2D eigenvalue weighted by atomic mass is 9.85. The Bertz CT molecular complexity index is 528. The van der Waals surface area contributed by atoms with Gasteiger partial charge in [0.2, 0.25) is 0 Å². The Morgan fingerprint density at radius 3 is 2.67 bits per heavy atom. The number of likely N-dealkylation sites (tertiary alicyclic amines) is 1. The number of halogens is 4. The lowest BCUT2D eigenvalue weighted by Crippen LogP contribution is -2.39. The molecular formula is C17H25F4N3. The van der Waals surface area contributed by atoms with Crippen LogP contribution in [0.4, 0.5) is 17.6 Å². The molecule has 1 saturated carbocycles. The van der Waals surface area contributed by atoms with E-state index >= 15 is 0 Å². The van der Waals surface area contributed by atoms with Crippen LogP contribution in [0.15, 0.2) is 12.4 Å². The zero-order chi connectivity index (χ0) is 17.2. The van der Waals surface area contributed by atoms with Gasteiger partial charge >= 0.3 is 12.3 Å². The predicted molar refractivity (Wildman–Crippen MR) is 83.6 cm³/mol. The molecule has 1 aliphatic heterocycles. The van der Waals surface area contributed by atoms with E-state index in [0.29, 0.717) is 13.1 Å². The van der Waals surface area contributed by atoms with Gasteiger partial charge in [-0.1, -0.05) is 6.42 Å². The first-order chi connectivity index (χ1) is 11.5. The molecule has 24 heavy (non-hydrogen) atoms. The summed E-state index contributed by atoms with van der Waals surface area (Å²) in [6.07, 6.45) is 5.12. The van der Waals surface area contributed by atoms with Gasteiger partial charge in [-0.15, -0.1) is 0 Å². The summed E-state index contributed by atoms with van der Waals surface area (Å²) in [5, 5.41) is 0. The van der Waals surface area contributed by atoms with Crippen molar-refractivity contribution in [3.8, 4) is 0 Å². The van der Waals surface area contributed by atoms with Crippen LogP contribution < -0.4 is 0 Å². The number of hydrogen-bond acceptors (Lipinski definition) is 2. The summed E-state index contributed by atoms with van der Waals surface area (Å²) in [4.78, 5) is 6.37. The van der Waals surface area contributed by atoms with Crippen molar-refractivity contribution in [2.45, 2.75) is 63.3 Å². The van der Waals surface area contributed by atoms with E-state index in [4.69, 9.17) is 0 Å². The van der Waals surface area contributed by atoms with Crippen LogP contribution in [0.3, 0.4) is 0 Å². The maximum Gasteiger partial charge on any atom is 0.308 e. The van der Waals surface area contributed by atoms with Gasteiger partial charge in [0.15, 0.2) is 0 Å². The van der Waals surface area contributed by atoms with Crippen LogP contribution in [0.5, 0.6) is 0 Å². The average Bonchev–Trinajstić information content (AvgIpc) is 2.97. The number of aromatic nitrogens is 2. The zero-order valence-electron chi connectivity index (χ0n) is 13.8. The van der Waals surface area contributed by atoms with Gasteiger partial charge in [0.25, 0.3) is 0 Å². The highest BCUT2D eigenvalue weighted by molar-refractivity contribution is 5.04. The van der Waals surface area contributed by atoms with Crippen molar-refractivity contribution in [1.29, 1.82) is 0 Å². The largest absolute Gasteiger partial charge is 0.334 e. The molecule has 0 N–H and O–H groups in total. The summed E-state index contributed by atoms with van der Waals surface area (Å²) < 4.78 is 53.1. The van der Waals surface area contributed by atoms with Crippen molar-refractivity contribution in [3.05, 3.63) is 18.2 Å². The van der Waals surface area contributed by atoms with E-state index in [0.717, 1.165) is 31.1 Å². The molecule has 0 spiro atoms. The van der Waals surface area contributed by atoms with Crippen LogP contribution in [0, 0.1) is 5.92 Å². The third-order valence-electron chi connectivity index (χ3n) is 5.38. The summed E-state index contributed by atoms with van der Waals surface area (Å²) >= 11 is 0. The fourth-order valence-electron chi connectivity index (χ4n) is 3.67. The molecule has 136 valence electrons. The smallest absolute Gasteiger partial charge is 0.308 e. The Kier molecular flexibility index (Phi) is 5.47. The van der Waals surface area contributed by atoms with Crippen LogP contribution in [-0.2, 0) is 6.54 Å². The molecular weight excluding hydrogens is 322 g/mol. The van der Waals surface area contributed by atoms with Crippen molar-refractivity contribution >= 4 is 0 Å². The van der Waals surface area contributed by atoms with Crippen LogP contribution in [0.2, 0.25) is 0 Å². The maximum absolute atomic E-state index is 13.1.